The van der Waals surface area contributed by atoms with Crippen molar-refractivity contribution in [2.24, 2.45) is 0 Å². The largest absolute Gasteiger partial charge is 0.460 e. The van der Waals surface area contributed by atoms with Crippen LogP contribution >= 0.6 is 58.0 Å². The third-order valence-corrected chi connectivity index (χ3v) is 3.82. The van der Waals surface area contributed by atoms with Crippen molar-refractivity contribution in [2.75, 3.05) is 11.9 Å². The van der Waals surface area contributed by atoms with E-state index >= 15 is 0 Å². The number of halogens is 5. The van der Waals surface area contributed by atoms with Crippen LogP contribution in [0.5, 0.6) is 0 Å². The third kappa shape index (κ3) is 7.07. The lowest BCUT2D eigenvalue weighted by Crippen LogP contribution is -2.15. The van der Waals surface area contributed by atoms with E-state index in [1.165, 1.54) is 6.07 Å². The van der Waals surface area contributed by atoms with Gasteiger partial charge in [0, 0.05) is 11.4 Å². The summed E-state index contributed by atoms with van der Waals surface area (Å²) in [5, 5.41) is 3.33. The van der Waals surface area contributed by atoms with Gasteiger partial charge in [0.25, 0.3) is 0 Å². The average molecular weight is 405 g/mol. The van der Waals surface area contributed by atoms with E-state index in [4.69, 9.17) is 62.7 Å². The molecule has 4 nitrogen and oxygen atoms in total. The van der Waals surface area contributed by atoms with Gasteiger partial charge in [-0.1, -0.05) is 58.0 Å². The predicted molar refractivity (Wildman–Crippen MR) is 89.9 cm³/mol. The number of hydrogen-bond acceptors (Lipinski definition) is 3. The van der Waals surface area contributed by atoms with Crippen molar-refractivity contribution in [3.05, 3.63) is 37.8 Å². The van der Waals surface area contributed by atoms with Gasteiger partial charge in [0.15, 0.2) is 0 Å². The molecule has 0 aliphatic heterocycles. The molecule has 22 heavy (non-hydrogen) atoms. The Morgan fingerprint density at radius 2 is 1.77 bits per heavy atom. The van der Waals surface area contributed by atoms with Crippen LogP contribution in [-0.4, -0.2) is 18.5 Å². The number of ether oxygens (including phenoxy) is 1. The minimum absolute atomic E-state index is 0.00841. The van der Waals surface area contributed by atoms with Crippen LogP contribution in [0.2, 0.25) is 10.0 Å². The highest BCUT2D eigenvalue weighted by Gasteiger charge is 2.11. The second kappa shape index (κ2) is 9.48. The summed E-state index contributed by atoms with van der Waals surface area (Å²) >= 11 is 28.0. The molecule has 0 fully saturated rings. The number of nitrogens with one attached hydrogen (secondary N) is 1. The summed E-state index contributed by atoms with van der Waals surface area (Å²) in [5.41, 5.74) is 0.407. The lowest BCUT2D eigenvalue weighted by Gasteiger charge is -2.07. The number of esters is 1. The van der Waals surface area contributed by atoms with Crippen molar-refractivity contribution in [1.29, 1.82) is 0 Å². The minimum atomic E-state index is -0.606. The first-order chi connectivity index (χ1) is 10.3. The van der Waals surface area contributed by atoms with Crippen LogP contribution in [0.15, 0.2) is 27.7 Å². The first kappa shape index (κ1) is 19.4. The molecule has 9 heteroatoms. The van der Waals surface area contributed by atoms with Crippen LogP contribution < -0.4 is 5.32 Å². The fourth-order valence-corrected chi connectivity index (χ4v) is 1.91. The van der Waals surface area contributed by atoms with Crippen molar-refractivity contribution < 1.29 is 14.3 Å². The first-order valence-electron chi connectivity index (χ1n) is 5.89. The lowest BCUT2D eigenvalue weighted by molar-refractivity contribution is -0.143. The van der Waals surface area contributed by atoms with E-state index < -0.39 is 11.9 Å². The van der Waals surface area contributed by atoms with Crippen LogP contribution in [0.25, 0.3) is 0 Å². The molecule has 0 aliphatic rings. The van der Waals surface area contributed by atoms with Gasteiger partial charge < -0.3 is 10.1 Å². The summed E-state index contributed by atoms with van der Waals surface area (Å²) in [6.45, 7) is -0.243. The predicted octanol–water partition coefficient (Wildman–Crippen LogP) is 5.14. The van der Waals surface area contributed by atoms with Crippen molar-refractivity contribution in [2.45, 2.75) is 12.8 Å². The molecule has 0 saturated heterocycles. The number of amides is 1. The Bertz CT molecular complexity index is 599. The molecule has 1 amide bonds. The molecule has 0 radical (unpaired) electrons. The van der Waals surface area contributed by atoms with Gasteiger partial charge in [-0.3, -0.25) is 9.59 Å². The van der Waals surface area contributed by atoms with Gasteiger partial charge in [-0.25, -0.2) is 0 Å². The highest BCUT2D eigenvalue weighted by Crippen LogP contribution is 2.25. The minimum Gasteiger partial charge on any atom is -0.460 e. The van der Waals surface area contributed by atoms with Gasteiger partial charge in [0.1, 0.15) is 11.1 Å². The standard InChI is InChI=1S/C13H10Cl5NO3/c14-7-1-2-10(8(15)5-7)19-11(20)3-4-12(21)22-6-9(16)13(17)18/h1-2,5H,3-4,6H2,(H,19,20). The Morgan fingerprint density at radius 1 is 1.09 bits per heavy atom. The fourth-order valence-electron chi connectivity index (χ4n) is 1.29. The van der Waals surface area contributed by atoms with Crippen LogP contribution in [-0.2, 0) is 14.3 Å². The maximum Gasteiger partial charge on any atom is 0.306 e. The summed E-state index contributed by atoms with van der Waals surface area (Å²) in [7, 11) is 0. The zero-order valence-electron chi connectivity index (χ0n) is 11.0. The van der Waals surface area contributed by atoms with Gasteiger partial charge >= 0.3 is 5.97 Å². The molecule has 120 valence electrons. The molecular weight excluding hydrogens is 395 g/mol. The number of rotatable bonds is 6. The van der Waals surface area contributed by atoms with E-state index in [2.05, 4.69) is 5.32 Å². The molecule has 0 heterocycles. The highest BCUT2D eigenvalue weighted by atomic mass is 35.5. The molecule has 0 aliphatic carbocycles. The normalized spacial score (nSPS) is 10.0. The number of carbonyl (C=O) groups is 2. The second-order valence-corrected chi connectivity index (χ2v) is 6.25. The highest BCUT2D eigenvalue weighted by molar-refractivity contribution is 6.59. The molecule has 1 rings (SSSR count). The monoisotopic (exact) mass is 403 g/mol. The molecule has 0 atom stereocenters. The van der Waals surface area contributed by atoms with E-state index in [1.54, 1.807) is 12.1 Å². The van der Waals surface area contributed by atoms with Gasteiger partial charge in [0.2, 0.25) is 5.91 Å². The molecule has 0 spiro atoms. The maximum atomic E-state index is 11.7. The lowest BCUT2D eigenvalue weighted by atomic mass is 10.2. The van der Waals surface area contributed by atoms with E-state index in [0.29, 0.717) is 15.7 Å². The summed E-state index contributed by atoms with van der Waals surface area (Å²) in [6, 6.07) is 4.65. The summed E-state index contributed by atoms with van der Waals surface area (Å²) < 4.78 is 4.61. The zero-order valence-corrected chi connectivity index (χ0v) is 14.7. The summed E-state index contributed by atoms with van der Waals surface area (Å²) in [5.74, 6) is -0.997. The van der Waals surface area contributed by atoms with Gasteiger partial charge in [0.05, 0.1) is 22.2 Å². The van der Waals surface area contributed by atoms with E-state index in [0.717, 1.165) is 0 Å². The summed E-state index contributed by atoms with van der Waals surface area (Å²) in [4.78, 5) is 23.1. The Hall–Kier alpha value is -0.650. The molecular formula is C13H10Cl5NO3. The molecule has 1 aromatic carbocycles. The van der Waals surface area contributed by atoms with Crippen molar-refractivity contribution in [3.63, 3.8) is 0 Å². The van der Waals surface area contributed by atoms with Crippen molar-refractivity contribution in [3.8, 4) is 0 Å². The molecule has 0 saturated carbocycles. The Labute approximate surface area is 152 Å². The van der Waals surface area contributed by atoms with E-state index in [9.17, 15) is 9.59 Å². The number of carbonyl (C=O) groups excluding carboxylic acids is 2. The second-order valence-electron chi connectivity index (χ2n) is 4.00. The van der Waals surface area contributed by atoms with E-state index in [1.807, 2.05) is 0 Å². The Kier molecular flexibility index (Phi) is 8.36. The quantitative estimate of drug-likeness (QED) is 0.667. The van der Waals surface area contributed by atoms with Crippen LogP contribution in [0.1, 0.15) is 12.8 Å². The van der Waals surface area contributed by atoms with Gasteiger partial charge in [-0.2, -0.15) is 0 Å². The average Bonchev–Trinajstić information content (AvgIpc) is 2.45. The first-order valence-corrected chi connectivity index (χ1v) is 7.78. The molecule has 0 unspecified atom stereocenters. The molecule has 0 bridgehead atoms. The smallest absolute Gasteiger partial charge is 0.306 e. The van der Waals surface area contributed by atoms with Crippen LogP contribution in [0, 0.1) is 0 Å². The SMILES string of the molecule is O=C(CCC(=O)OCC(Cl)=C(Cl)Cl)Nc1ccc(Cl)cc1Cl. The molecule has 0 aromatic heterocycles. The van der Waals surface area contributed by atoms with Crippen molar-refractivity contribution >= 4 is 75.6 Å². The van der Waals surface area contributed by atoms with Gasteiger partial charge in [-0.15, -0.1) is 0 Å². The topological polar surface area (TPSA) is 55.4 Å². The Morgan fingerprint density at radius 3 is 2.36 bits per heavy atom. The number of anilines is 1. The van der Waals surface area contributed by atoms with Gasteiger partial charge in [-0.05, 0) is 18.2 Å². The summed E-state index contributed by atoms with van der Waals surface area (Å²) in [6.07, 6.45) is -0.200. The maximum absolute atomic E-state index is 11.7. The Balaban J connectivity index is 2.40. The number of benzene rings is 1. The zero-order chi connectivity index (χ0) is 16.7. The van der Waals surface area contributed by atoms with Crippen LogP contribution in [0.3, 0.4) is 0 Å². The number of hydrogen-bond donors (Lipinski definition) is 1. The fraction of sp³-hybridized carbons (Fsp3) is 0.231. The van der Waals surface area contributed by atoms with Crippen molar-refractivity contribution in [1.82, 2.24) is 0 Å². The molecule has 1 aromatic rings. The molecule has 1 N–H and O–H groups in total. The van der Waals surface area contributed by atoms with E-state index in [-0.39, 0.29) is 29.0 Å². The van der Waals surface area contributed by atoms with Crippen LogP contribution in [0.4, 0.5) is 5.69 Å². The third-order valence-electron chi connectivity index (χ3n) is 2.33.